The Labute approximate surface area is 184 Å². The van der Waals surface area contributed by atoms with Crippen LogP contribution in [0.5, 0.6) is 0 Å². The average Bonchev–Trinajstić information content (AvgIpc) is 2.76. The molecule has 7 nitrogen and oxygen atoms in total. The lowest BCUT2D eigenvalue weighted by Crippen LogP contribution is -2.55. The zero-order valence-electron chi connectivity index (χ0n) is 18.9. The van der Waals surface area contributed by atoms with Crippen molar-refractivity contribution in [1.29, 1.82) is 0 Å². The largest absolute Gasteiger partial charge is 0.379 e. The van der Waals surface area contributed by atoms with Gasteiger partial charge in [0, 0.05) is 31.3 Å². The van der Waals surface area contributed by atoms with Crippen LogP contribution in [0.3, 0.4) is 0 Å². The first-order valence-corrected chi connectivity index (χ1v) is 11.4. The summed E-state index contributed by atoms with van der Waals surface area (Å²) in [6.45, 7) is 7.71. The summed E-state index contributed by atoms with van der Waals surface area (Å²) >= 11 is 0. The molecule has 0 saturated carbocycles. The number of amides is 3. The summed E-state index contributed by atoms with van der Waals surface area (Å²) in [4.78, 5) is 40.6. The van der Waals surface area contributed by atoms with E-state index in [4.69, 9.17) is 4.74 Å². The van der Waals surface area contributed by atoms with Crippen LogP contribution in [-0.2, 0) is 14.3 Å². The second kappa shape index (κ2) is 10.3. The monoisotopic (exact) mass is 429 g/mol. The molecular formula is C24H35N3O4. The van der Waals surface area contributed by atoms with Crippen molar-refractivity contribution in [2.45, 2.75) is 65.0 Å². The second-order valence-electron chi connectivity index (χ2n) is 9.02. The summed E-state index contributed by atoms with van der Waals surface area (Å²) in [5.74, 6) is -0.259. The summed E-state index contributed by atoms with van der Waals surface area (Å²) in [5, 5.41) is 5.83. The van der Waals surface area contributed by atoms with Crippen LogP contribution in [-0.4, -0.2) is 61.0 Å². The van der Waals surface area contributed by atoms with E-state index in [2.05, 4.69) is 10.6 Å². The highest BCUT2D eigenvalue weighted by Crippen LogP contribution is 2.37. The summed E-state index contributed by atoms with van der Waals surface area (Å²) in [6, 6.07) is 6.89. The highest BCUT2D eigenvalue weighted by atomic mass is 16.5. The van der Waals surface area contributed by atoms with Gasteiger partial charge in [-0.3, -0.25) is 14.4 Å². The SMILES string of the molecule is Cc1ccccc1C(=O)N1CCC2(CCCCOC[C@H](C)NC(=O)[C@H](C)NC2=O)CC1. The number of hydrogen-bond donors (Lipinski definition) is 2. The second-order valence-corrected chi connectivity index (χ2v) is 9.02. The lowest BCUT2D eigenvalue weighted by Gasteiger charge is -2.41. The van der Waals surface area contributed by atoms with E-state index in [1.807, 2.05) is 43.0 Å². The number of nitrogens with one attached hydrogen (secondary N) is 2. The number of carbonyl (C=O) groups is 3. The lowest BCUT2D eigenvalue weighted by molar-refractivity contribution is -0.137. The number of likely N-dealkylation sites (tertiary alicyclic amines) is 1. The Hall–Kier alpha value is -2.41. The van der Waals surface area contributed by atoms with E-state index >= 15 is 0 Å². The molecule has 2 saturated heterocycles. The van der Waals surface area contributed by atoms with Gasteiger partial charge in [0.05, 0.1) is 12.0 Å². The fraction of sp³-hybridized carbons (Fsp3) is 0.625. The Kier molecular flexibility index (Phi) is 7.70. The summed E-state index contributed by atoms with van der Waals surface area (Å²) < 4.78 is 5.68. The molecule has 2 atom stereocenters. The minimum atomic E-state index is -0.612. The number of aryl methyl sites for hydroxylation is 1. The number of piperidine rings is 1. The van der Waals surface area contributed by atoms with Crippen LogP contribution in [0.1, 0.15) is 61.9 Å². The molecule has 1 spiro atoms. The third-order valence-corrected chi connectivity index (χ3v) is 6.56. The van der Waals surface area contributed by atoms with Crippen LogP contribution >= 0.6 is 0 Å². The van der Waals surface area contributed by atoms with Gasteiger partial charge in [-0.2, -0.15) is 0 Å². The molecule has 2 fully saturated rings. The van der Waals surface area contributed by atoms with Crippen molar-refractivity contribution in [1.82, 2.24) is 15.5 Å². The van der Waals surface area contributed by atoms with Crippen molar-refractivity contribution >= 4 is 17.7 Å². The smallest absolute Gasteiger partial charge is 0.254 e. The van der Waals surface area contributed by atoms with Crippen LogP contribution in [0.15, 0.2) is 24.3 Å². The zero-order chi connectivity index (χ0) is 22.4. The first kappa shape index (κ1) is 23.3. The highest BCUT2D eigenvalue weighted by molar-refractivity contribution is 5.96. The van der Waals surface area contributed by atoms with Crippen molar-refractivity contribution < 1.29 is 19.1 Å². The Bertz CT molecular complexity index is 802. The first-order valence-electron chi connectivity index (χ1n) is 11.4. The molecule has 0 bridgehead atoms. The normalized spacial score (nSPS) is 25.6. The molecule has 1 aromatic rings. The molecule has 0 aromatic heterocycles. The zero-order valence-corrected chi connectivity index (χ0v) is 18.9. The van der Waals surface area contributed by atoms with Gasteiger partial charge in [-0.25, -0.2) is 0 Å². The molecular weight excluding hydrogens is 394 g/mol. The molecule has 2 heterocycles. The number of ether oxygens (including phenoxy) is 1. The van der Waals surface area contributed by atoms with Crippen molar-refractivity contribution in [3.8, 4) is 0 Å². The van der Waals surface area contributed by atoms with Gasteiger partial charge < -0.3 is 20.3 Å². The maximum absolute atomic E-state index is 13.3. The minimum Gasteiger partial charge on any atom is -0.379 e. The molecule has 0 unspecified atom stereocenters. The lowest BCUT2D eigenvalue weighted by atomic mass is 9.73. The fourth-order valence-electron chi connectivity index (χ4n) is 4.46. The Balaban J connectivity index is 1.71. The van der Waals surface area contributed by atoms with Crippen LogP contribution in [0.2, 0.25) is 0 Å². The van der Waals surface area contributed by atoms with Gasteiger partial charge in [-0.15, -0.1) is 0 Å². The van der Waals surface area contributed by atoms with Crippen LogP contribution < -0.4 is 10.6 Å². The summed E-state index contributed by atoms with van der Waals surface area (Å²) in [6.07, 6.45) is 3.68. The van der Waals surface area contributed by atoms with Gasteiger partial charge in [-0.1, -0.05) is 24.6 Å². The topological polar surface area (TPSA) is 87.7 Å². The third kappa shape index (κ3) is 5.64. The molecule has 170 valence electrons. The van der Waals surface area contributed by atoms with Crippen LogP contribution in [0, 0.1) is 12.3 Å². The van der Waals surface area contributed by atoms with Gasteiger partial charge >= 0.3 is 0 Å². The van der Waals surface area contributed by atoms with Gasteiger partial charge in [0.2, 0.25) is 11.8 Å². The molecule has 1 aromatic carbocycles. The van der Waals surface area contributed by atoms with Gasteiger partial charge in [0.1, 0.15) is 6.04 Å². The summed E-state index contributed by atoms with van der Waals surface area (Å²) in [7, 11) is 0. The molecule has 3 amide bonds. The van der Waals surface area contributed by atoms with Crippen LogP contribution in [0.4, 0.5) is 0 Å². The van der Waals surface area contributed by atoms with Crippen molar-refractivity contribution in [3.63, 3.8) is 0 Å². The van der Waals surface area contributed by atoms with E-state index in [9.17, 15) is 14.4 Å². The van der Waals surface area contributed by atoms with Crippen molar-refractivity contribution in [3.05, 3.63) is 35.4 Å². The van der Waals surface area contributed by atoms with E-state index in [1.165, 1.54) is 0 Å². The maximum atomic E-state index is 13.3. The van der Waals surface area contributed by atoms with E-state index < -0.39 is 11.5 Å². The van der Waals surface area contributed by atoms with Crippen LogP contribution in [0.25, 0.3) is 0 Å². The predicted octanol–water partition coefficient (Wildman–Crippen LogP) is 2.43. The molecule has 2 aliphatic rings. The average molecular weight is 430 g/mol. The number of nitrogens with zero attached hydrogens (tertiary/aromatic N) is 1. The Morgan fingerprint density at radius 2 is 1.77 bits per heavy atom. The quantitative estimate of drug-likeness (QED) is 0.718. The molecule has 2 N–H and O–H groups in total. The molecule has 31 heavy (non-hydrogen) atoms. The van der Waals surface area contributed by atoms with E-state index in [0.29, 0.717) is 39.1 Å². The minimum absolute atomic E-state index is 0.0214. The maximum Gasteiger partial charge on any atom is 0.254 e. The van der Waals surface area contributed by atoms with E-state index in [1.54, 1.807) is 6.92 Å². The summed E-state index contributed by atoms with van der Waals surface area (Å²) in [5.41, 5.74) is 1.12. The predicted molar refractivity (Wildman–Crippen MR) is 119 cm³/mol. The molecule has 0 aliphatic carbocycles. The number of rotatable bonds is 1. The third-order valence-electron chi connectivity index (χ3n) is 6.56. The standard InChI is InChI=1S/C24H35N3O4/c1-17-8-4-5-9-20(17)22(29)27-13-11-24(12-14-27)10-6-7-15-31-16-18(2)25-21(28)19(3)26-23(24)30/h4-5,8-9,18-19H,6-7,10-16H2,1-3H3,(H,25,28)(H,26,30)/t18-,19-/m0/s1. The van der Waals surface area contributed by atoms with Gasteiger partial charge in [0.15, 0.2) is 0 Å². The van der Waals surface area contributed by atoms with E-state index in [0.717, 1.165) is 30.4 Å². The first-order chi connectivity index (χ1) is 14.8. The number of benzene rings is 1. The Morgan fingerprint density at radius 1 is 1.06 bits per heavy atom. The van der Waals surface area contributed by atoms with Gasteiger partial charge in [0.25, 0.3) is 5.91 Å². The number of carbonyl (C=O) groups excluding carboxylic acids is 3. The van der Waals surface area contributed by atoms with Crippen molar-refractivity contribution in [2.75, 3.05) is 26.3 Å². The Morgan fingerprint density at radius 3 is 2.48 bits per heavy atom. The van der Waals surface area contributed by atoms with E-state index in [-0.39, 0.29) is 23.8 Å². The molecule has 7 heteroatoms. The molecule has 0 radical (unpaired) electrons. The molecule has 3 rings (SSSR count). The number of hydrogen-bond acceptors (Lipinski definition) is 4. The highest BCUT2D eigenvalue weighted by Gasteiger charge is 2.42. The molecule has 2 aliphatic heterocycles. The van der Waals surface area contributed by atoms with Crippen molar-refractivity contribution in [2.24, 2.45) is 5.41 Å². The fourth-order valence-corrected chi connectivity index (χ4v) is 4.46. The van der Waals surface area contributed by atoms with Gasteiger partial charge in [-0.05, 0) is 58.1 Å².